The minimum absolute atomic E-state index is 0.160. The number of benzene rings is 2. The van der Waals surface area contributed by atoms with Gasteiger partial charge >= 0.3 is 0 Å². The molecule has 0 spiro atoms. The first-order valence-electron chi connectivity index (χ1n) is 7.73. The van der Waals surface area contributed by atoms with Gasteiger partial charge in [-0.2, -0.15) is 0 Å². The molecule has 1 saturated heterocycles. The second-order valence-electron chi connectivity index (χ2n) is 6.07. The summed E-state index contributed by atoms with van der Waals surface area (Å²) in [5.41, 5.74) is 4.67. The Balaban J connectivity index is 1.87. The first kappa shape index (κ1) is 15.3. The molecule has 1 atom stereocenters. The molecule has 0 bridgehead atoms. The lowest BCUT2D eigenvalue weighted by atomic mass is 10.1. The Hall–Kier alpha value is -2.62. The molecule has 0 aromatic heterocycles. The molecule has 3 rings (SSSR count). The van der Waals surface area contributed by atoms with E-state index in [0.717, 1.165) is 22.4 Å². The summed E-state index contributed by atoms with van der Waals surface area (Å²) in [6.07, 6.45) is 0.181. The van der Waals surface area contributed by atoms with E-state index in [0.29, 0.717) is 5.69 Å². The molecule has 23 heavy (non-hydrogen) atoms. The van der Waals surface area contributed by atoms with E-state index in [2.05, 4.69) is 5.32 Å². The summed E-state index contributed by atoms with van der Waals surface area (Å²) in [5, 5.41) is 3.24. The smallest absolute Gasteiger partial charge is 0.256 e. The summed E-state index contributed by atoms with van der Waals surface area (Å²) in [6, 6.07) is 13.0. The number of carbonyl (C=O) groups excluding carboxylic acids is 2. The number of anilines is 2. The molecule has 4 heteroatoms. The monoisotopic (exact) mass is 308 g/mol. The molecule has 1 aliphatic heterocycles. The molecule has 1 N–H and O–H groups in total. The first-order valence-corrected chi connectivity index (χ1v) is 7.73. The summed E-state index contributed by atoms with van der Waals surface area (Å²) in [4.78, 5) is 26.4. The van der Waals surface area contributed by atoms with Crippen molar-refractivity contribution >= 4 is 23.2 Å². The Labute approximate surface area is 136 Å². The molecule has 0 radical (unpaired) electrons. The van der Waals surface area contributed by atoms with Crippen molar-refractivity contribution in [2.75, 3.05) is 10.2 Å². The van der Waals surface area contributed by atoms with Crippen LogP contribution in [0.1, 0.15) is 23.1 Å². The number of imide groups is 1. The number of rotatable bonds is 3. The van der Waals surface area contributed by atoms with Gasteiger partial charge in [0.2, 0.25) is 5.91 Å². The normalized spacial score (nSPS) is 17.7. The largest absolute Gasteiger partial charge is 0.373 e. The molecule has 1 fully saturated rings. The Morgan fingerprint density at radius 3 is 2.48 bits per heavy atom. The molecule has 2 aromatic rings. The van der Waals surface area contributed by atoms with Crippen molar-refractivity contribution in [2.24, 2.45) is 0 Å². The highest BCUT2D eigenvalue weighted by Crippen LogP contribution is 2.28. The van der Waals surface area contributed by atoms with E-state index in [9.17, 15) is 9.59 Å². The molecular weight excluding hydrogens is 288 g/mol. The Kier molecular flexibility index (Phi) is 3.90. The number of aryl methyl sites for hydroxylation is 3. The van der Waals surface area contributed by atoms with Crippen LogP contribution in [0.15, 0.2) is 42.5 Å². The quantitative estimate of drug-likeness (QED) is 0.885. The fourth-order valence-corrected chi connectivity index (χ4v) is 2.89. The lowest BCUT2D eigenvalue weighted by Crippen LogP contribution is -2.35. The summed E-state index contributed by atoms with van der Waals surface area (Å²) in [5.74, 6) is -0.350. The second-order valence-corrected chi connectivity index (χ2v) is 6.07. The summed E-state index contributed by atoms with van der Waals surface area (Å²) in [6.45, 7) is 5.90. The number of hydrogen-bond donors (Lipinski definition) is 1. The van der Waals surface area contributed by atoms with Gasteiger partial charge < -0.3 is 5.32 Å². The van der Waals surface area contributed by atoms with E-state index in [1.54, 1.807) is 0 Å². The van der Waals surface area contributed by atoms with Crippen LogP contribution < -0.4 is 10.2 Å². The van der Waals surface area contributed by atoms with Crippen molar-refractivity contribution in [2.45, 2.75) is 33.2 Å². The van der Waals surface area contributed by atoms with Crippen molar-refractivity contribution in [3.8, 4) is 0 Å². The maximum atomic E-state index is 12.7. The zero-order chi connectivity index (χ0) is 16.6. The first-order chi connectivity index (χ1) is 11.0. The van der Waals surface area contributed by atoms with Gasteiger partial charge in [-0.25, -0.2) is 4.90 Å². The van der Waals surface area contributed by atoms with Crippen molar-refractivity contribution in [3.05, 3.63) is 59.2 Å². The van der Waals surface area contributed by atoms with Crippen LogP contribution in [0.25, 0.3) is 0 Å². The Morgan fingerprint density at radius 2 is 1.74 bits per heavy atom. The van der Waals surface area contributed by atoms with Crippen LogP contribution in [-0.4, -0.2) is 17.9 Å². The van der Waals surface area contributed by atoms with Crippen molar-refractivity contribution in [1.29, 1.82) is 0 Å². The second kappa shape index (κ2) is 5.88. The topological polar surface area (TPSA) is 49.4 Å². The van der Waals surface area contributed by atoms with Gasteiger partial charge in [-0.3, -0.25) is 9.59 Å². The number of nitrogens with zero attached hydrogens (tertiary/aromatic N) is 1. The van der Waals surface area contributed by atoms with Gasteiger partial charge in [-0.15, -0.1) is 0 Å². The SMILES string of the molecule is Cc1ccc(C)c(NC2CC(=O)N(c3ccccc3C)C2=O)c1. The van der Waals surface area contributed by atoms with Gasteiger partial charge in [-0.1, -0.05) is 30.3 Å². The van der Waals surface area contributed by atoms with Crippen molar-refractivity contribution in [3.63, 3.8) is 0 Å². The van der Waals surface area contributed by atoms with Gasteiger partial charge in [-0.05, 0) is 49.6 Å². The molecule has 2 aromatic carbocycles. The number of nitrogens with one attached hydrogen (secondary N) is 1. The van der Waals surface area contributed by atoms with Crippen LogP contribution in [0.5, 0.6) is 0 Å². The van der Waals surface area contributed by atoms with Crippen LogP contribution >= 0.6 is 0 Å². The van der Waals surface area contributed by atoms with Crippen molar-refractivity contribution < 1.29 is 9.59 Å². The third-order valence-electron chi connectivity index (χ3n) is 4.23. The van der Waals surface area contributed by atoms with Crippen LogP contribution in [0, 0.1) is 20.8 Å². The molecule has 1 unspecified atom stereocenters. The predicted octanol–water partition coefficient (Wildman–Crippen LogP) is 3.36. The molecule has 0 aliphatic carbocycles. The predicted molar refractivity (Wildman–Crippen MR) is 91.6 cm³/mol. The highest BCUT2D eigenvalue weighted by atomic mass is 16.2. The van der Waals surface area contributed by atoms with E-state index < -0.39 is 6.04 Å². The zero-order valence-electron chi connectivity index (χ0n) is 13.6. The summed E-state index contributed by atoms with van der Waals surface area (Å²) >= 11 is 0. The number of para-hydroxylation sites is 1. The lowest BCUT2D eigenvalue weighted by molar-refractivity contribution is -0.121. The van der Waals surface area contributed by atoms with Gasteiger partial charge in [0.25, 0.3) is 5.91 Å². The highest BCUT2D eigenvalue weighted by molar-refractivity contribution is 6.23. The number of carbonyl (C=O) groups is 2. The lowest BCUT2D eigenvalue weighted by Gasteiger charge is -2.18. The minimum Gasteiger partial charge on any atom is -0.373 e. The van der Waals surface area contributed by atoms with Gasteiger partial charge in [0.05, 0.1) is 12.1 Å². The Bertz CT molecular complexity index is 783. The molecule has 1 heterocycles. The number of hydrogen-bond acceptors (Lipinski definition) is 3. The molecule has 1 aliphatic rings. The average Bonchev–Trinajstić information content (AvgIpc) is 2.78. The van der Waals surface area contributed by atoms with Crippen LogP contribution in [0.4, 0.5) is 11.4 Å². The fraction of sp³-hybridized carbons (Fsp3) is 0.263. The fourth-order valence-electron chi connectivity index (χ4n) is 2.89. The Morgan fingerprint density at radius 1 is 1.00 bits per heavy atom. The molecule has 2 amide bonds. The van der Waals surface area contributed by atoms with Gasteiger partial charge in [0.1, 0.15) is 6.04 Å². The molecular formula is C19H20N2O2. The summed E-state index contributed by atoms with van der Waals surface area (Å²) < 4.78 is 0. The highest BCUT2D eigenvalue weighted by Gasteiger charge is 2.40. The third-order valence-corrected chi connectivity index (χ3v) is 4.23. The van der Waals surface area contributed by atoms with Crippen molar-refractivity contribution in [1.82, 2.24) is 0 Å². The van der Waals surface area contributed by atoms with E-state index in [1.165, 1.54) is 4.90 Å². The average molecular weight is 308 g/mol. The van der Waals surface area contributed by atoms with E-state index >= 15 is 0 Å². The minimum atomic E-state index is -0.511. The third kappa shape index (κ3) is 2.84. The standard InChI is InChI=1S/C19H20N2O2/c1-12-8-9-13(2)15(10-12)20-16-11-18(22)21(19(16)23)17-7-5-4-6-14(17)3/h4-10,16,20H,11H2,1-3H3. The number of amides is 2. The molecule has 4 nitrogen and oxygen atoms in total. The van der Waals surface area contributed by atoms with Crippen LogP contribution in [0.3, 0.4) is 0 Å². The van der Waals surface area contributed by atoms with Crippen LogP contribution in [-0.2, 0) is 9.59 Å². The van der Waals surface area contributed by atoms with Gasteiger partial charge in [0.15, 0.2) is 0 Å². The molecule has 118 valence electrons. The van der Waals surface area contributed by atoms with E-state index in [4.69, 9.17) is 0 Å². The zero-order valence-corrected chi connectivity index (χ0v) is 13.6. The maximum Gasteiger partial charge on any atom is 0.256 e. The van der Waals surface area contributed by atoms with E-state index in [1.807, 2.05) is 63.2 Å². The maximum absolute atomic E-state index is 12.7. The van der Waals surface area contributed by atoms with Crippen LogP contribution in [0.2, 0.25) is 0 Å². The summed E-state index contributed by atoms with van der Waals surface area (Å²) in [7, 11) is 0. The van der Waals surface area contributed by atoms with E-state index in [-0.39, 0.29) is 18.2 Å². The molecule has 0 saturated carbocycles. The van der Waals surface area contributed by atoms with Gasteiger partial charge in [0, 0.05) is 5.69 Å².